The molecule has 27 heavy (non-hydrogen) atoms. The monoisotopic (exact) mass is 367 g/mol. The van der Waals surface area contributed by atoms with Gasteiger partial charge in [-0.3, -0.25) is 4.79 Å². The van der Waals surface area contributed by atoms with E-state index in [1.807, 2.05) is 18.2 Å². The first-order valence-corrected chi connectivity index (χ1v) is 8.92. The second kappa shape index (κ2) is 6.61. The quantitative estimate of drug-likeness (QED) is 0.781. The molecule has 6 nitrogen and oxygen atoms in total. The van der Waals surface area contributed by atoms with Crippen molar-refractivity contribution in [2.24, 2.45) is 0 Å². The average Bonchev–Trinajstić information content (AvgIpc) is 2.99. The molecule has 2 aromatic carbocycles. The second-order valence-electron chi connectivity index (χ2n) is 6.79. The summed E-state index contributed by atoms with van der Waals surface area (Å²) in [5.41, 5.74) is 1.45. The van der Waals surface area contributed by atoms with Crippen LogP contribution in [0.2, 0.25) is 0 Å². The summed E-state index contributed by atoms with van der Waals surface area (Å²) in [5, 5.41) is 0. The Morgan fingerprint density at radius 2 is 1.81 bits per heavy atom. The fourth-order valence-electron chi connectivity index (χ4n) is 3.93. The van der Waals surface area contributed by atoms with Gasteiger partial charge in [-0.2, -0.15) is 0 Å². The zero-order chi connectivity index (χ0) is 19.0. The predicted molar refractivity (Wildman–Crippen MR) is 98.2 cm³/mol. The van der Waals surface area contributed by atoms with Crippen LogP contribution in [0.3, 0.4) is 0 Å². The highest BCUT2D eigenvalue weighted by molar-refractivity contribution is 5.97. The standard InChI is InChI=1S/C21H21NO5/c1-25-14-7-8-16(18(13-14)26-2)19(23)22-11-9-21(10-12-22)17-6-4-3-5-15(17)20(24)27-21/h3-8,13H,9-12H2,1-2H3. The molecule has 2 aliphatic rings. The molecule has 0 atom stereocenters. The Morgan fingerprint density at radius 3 is 2.52 bits per heavy atom. The number of hydrogen-bond donors (Lipinski definition) is 0. The number of methoxy groups -OCH3 is 2. The maximum atomic E-state index is 13.0. The third-order valence-electron chi connectivity index (χ3n) is 5.42. The van der Waals surface area contributed by atoms with Crippen molar-refractivity contribution in [2.45, 2.75) is 18.4 Å². The molecule has 0 saturated carbocycles. The fraction of sp³-hybridized carbons (Fsp3) is 0.333. The van der Waals surface area contributed by atoms with Crippen LogP contribution in [0.25, 0.3) is 0 Å². The maximum Gasteiger partial charge on any atom is 0.339 e. The first kappa shape index (κ1) is 17.4. The van der Waals surface area contributed by atoms with Crippen LogP contribution in [0.4, 0.5) is 0 Å². The Balaban J connectivity index is 1.54. The zero-order valence-electron chi connectivity index (χ0n) is 15.4. The van der Waals surface area contributed by atoms with E-state index in [0.29, 0.717) is 48.6 Å². The van der Waals surface area contributed by atoms with Crippen molar-refractivity contribution in [1.29, 1.82) is 0 Å². The molecule has 0 radical (unpaired) electrons. The summed E-state index contributed by atoms with van der Waals surface area (Å²) in [6.07, 6.45) is 1.17. The van der Waals surface area contributed by atoms with Gasteiger partial charge in [0.1, 0.15) is 17.1 Å². The summed E-state index contributed by atoms with van der Waals surface area (Å²) < 4.78 is 16.3. The van der Waals surface area contributed by atoms with Crippen LogP contribution in [0.5, 0.6) is 11.5 Å². The van der Waals surface area contributed by atoms with E-state index in [2.05, 4.69) is 0 Å². The van der Waals surface area contributed by atoms with Crippen molar-refractivity contribution in [3.63, 3.8) is 0 Å². The largest absolute Gasteiger partial charge is 0.497 e. The van der Waals surface area contributed by atoms with Crippen molar-refractivity contribution in [2.75, 3.05) is 27.3 Å². The Bertz CT molecular complexity index is 899. The molecular weight excluding hydrogens is 346 g/mol. The van der Waals surface area contributed by atoms with Gasteiger partial charge < -0.3 is 19.1 Å². The van der Waals surface area contributed by atoms with Gasteiger partial charge in [-0.1, -0.05) is 18.2 Å². The van der Waals surface area contributed by atoms with E-state index < -0.39 is 5.60 Å². The van der Waals surface area contributed by atoms with Gasteiger partial charge in [-0.05, 0) is 18.2 Å². The Kier molecular flexibility index (Phi) is 4.26. The molecule has 6 heteroatoms. The molecule has 1 amide bonds. The normalized spacial score (nSPS) is 17.4. The molecule has 0 N–H and O–H groups in total. The Labute approximate surface area is 157 Å². The molecule has 2 heterocycles. The number of esters is 1. The highest BCUT2D eigenvalue weighted by Crippen LogP contribution is 2.44. The lowest BCUT2D eigenvalue weighted by Crippen LogP contribution is -2.45. The van der Waals surface area contributed by atoms with Crippen LogP contribution in [0.1, 0.15) is 39.1 Å². The van der Waals surface area contributed by atoms with E-state index in [1.54, 1.807) is 36.3 Å². The molecule has 1 spiro atoms. The summed E-state index contributed by atoms with van der Waals surface area (Å²) in [6.45, 7) is 1.02. The van der Waals surface area contributed by atoms with E-state index in [4.69, 9.17) is 14.2 Å². The first-order chi connectivity index (χ1) is 13.1. The minimum Gasteiger partial charge on any atom is -0.497 e. The molecule has 0 bridgehead atoms. The number of rotatable bonds is 3. The van der Waals surface area contributed by atoms with E-state index in [9.17, 15) is 9.59 Å². The third kappa shape index (κ3) is 2.81. The first-order valence-electron chi connectivity index (χ1n) is 8.92. The smallest absolute Gasteiger partial charge is 0.339 e. The summed E-state index contributed by atoms with van der Waals surface area (Å²) >= 11 is 0. The average molecular weight is 367 g/mol. The van der Waals surface area contributed by atoms with Crippen LogP contribution in [0.15, 0.2) is 42.5 Å². The lowest BCUT2D eigenvalue weighted by molar-refractivity contribution is -0.0389. The van der Waals surface area contributed by atoms with Gasteiger partial charge in [-0.25, -0.2) is 4.79 Å². The molecule has 4 rings (SSSR count). The van der Waals surface area contributed by atoms with Crippen LogP contribution < -0.4 is 9.47 Å². The number of amides is 1. The molecule has 1 saturated heterocycles. The van der Waals surface area contributed by atoms with Crippen molar-refractivity contribution >= 4 is 11.9 Å². The van der Waals surface area contributed by atoms with Crippen molar-refractivity contribution in [1.82, 2.24) is 4.90 Å². The molecule has 2 aromatic rings. The number of likely N-dealkylation sites (tertiary alicyclic amines) is 1. The molecule has 140 valence electrons. The van der Waals surface area contributed by atoms with E-state index in [-0.39, 0.29) is 11.9 Å². The van der Waals surface area contributed by atoms with Crippen LogP contribution >= 0.6 is 0 Å². The maximum absolute atomic E-state index is 13.0. The number of benzene rings is 2. The molecule has 0 aliphatic carbocycles. The van der Waals surface area contributed by atoms with Crippen molar-refractivity contribution < 1.29 is 23.8 Å². The van der Waals surface area contributed by atoms with Crippen LogP contribution in [-0.4, -0.2) is 44.1 Å². The predicted octanol–water partition coefficient (Wildman–Crippen LogP) is 3.01. The summed E-state index contributed by atoms with van der Waals surface area (Å²) in [6, 6.07) is 12.7. The number of fused-ring (bicyclic) bond motifs is 2. The SMILES string of the molecule is COc1ccc(C(=O)N2CCC3(CC2)OC(=O)c2ccccc23)c(OC)c1. The van der Waals surface area contributed by atoms with Gasteiger partial charge in [0.2, 0.25) is 0 Å². The van der Waals surface area contributed by atoms with E-state index in [0.717, 1.165) is 5.56 Å². The minimum atomic E-state index is -0.617. The summed E-state index contributed by atoms with van der Waals surface area (Å²) in [5.74, 6) is 0.747. The van der Waals surface area contributed by atoms with Gasteiger partial charge in [0, 0.05) is 37.6 Å². The van der Waals surface area contributed by atoms with Gasteiger partial charge in [-0.15, -0.1) is 0 Å². The van der Waals surface area contributed by atoms with Gasteiger partial charge in [0.25, 0.3) is 5.91 Å². The number of ether oxygens (including phenoxy) is 3. The third-order valence-corrected chi connectivity index (χ3v) is 5.42. The molecule has 2 aliphatic heterocycles. The Morgan fingerprint density at radius 1 is 1.07 bits per heavy atom. The van der Waals surface area contributed by atoms with Gasteiger partial charge in [0.05, 0.1) is 25.3 Å². The van der Waals surface area contributed by atoms with Gasteiger partial charge in [0.15, 0.2) is 0 Å². The summed E-state index contributed by atoms with van der Waals surface area (Å²) in [7, 11) is 3.10. The van der Waals surface area contributed by atoms with E-state index in [1.165, 1.54) is 7.11 Å². The highest BCUT2D eigenvalue weighted by atomic mass is 16.6. The number of carbonyl (C=O) groups excluding carboxylic acids is 2. The number of hydrogen-bond acceptors (Lipinski definition) is 5. The number of piperidine rings is 1. The lowest BCUT2D eigenvalue weighted by Gasteiger charge is -2.38. The van der Waals surface area contributed by atoms with E-state index >= 15 is 0 Å². The molecule has 0 unspecified atom stereocenters. The van der Waals surface area contributed by atoms with Crippen LogP contribution in [-0.2, 0) is 10.3 Å². The fourth-order valence-corrected chi connectivity index (χ4v) is 3.93. The summed E-state index contributed by atoms with van der Waals surface area (Å²) in [4.78, 5) is 27.0. The Hall–Kier alpha value is -3.02. The number of carbonyl (C=O) groups is 2. The molecule has 0 aromatic heterocycles. The lowest BCUT2D eigenvalue weighted by atomic mass is 9.83. The molecular formula is C21H21NO5. The van der Waals surface area contributed by atoms with Crippen LogP contribution in [0, 0.1) is 0 Å². The minimum absolute atomic E-state index is 0.0954. The van der Waals surface area contributed by atoms with Crippen molar-refractivity contribution in [3.8, 4) is 11.5 Å². The second-order valence-corrected chi connectivity index (χ2v) is 6.79. The molecule has 1 fully saturated rings. The van der Waals surface area contributed by atoms with Gasteiger partial charge >= 0.3 is 5.97 Å². The topological polar surface area (TPSA) is 65.1 Å². The van der Waals surface area contributed by atoms with Crippen molar-refractivity contribution in [3.05, 3.63) is 59.2 Å². The number of nitrogens with zero attached hydrogens (tertiary/aromatic N) is 1. The zero-order valence-corrected chi connectivity index (χ0v) is 15.4. The highest BCUT2D eigenvalue weighted by Gasteiger charge is 2.47.